The molecule has 0 saturated heterocycles. The Morgan fingerprint density at radius 2 is 2.00 bits per heavy atom. The van der Waals surface area contributed by atoms with Crippen molar-refractivity contribution in [1.29, 1.82) is 0 Å². The van der Waals surface area contributed by atoms with Gasteiger partial charge in [0.1, 0.15) is 0 Å². The Kier molecular flexibility index (Phi) is 3.87. The third-order valence-corrected chi connectivity index (χ3v) is 2.71. The summed E-state index contributed by atoms with van der Waals surface area (Å²) in [6.45, 7) is 2.01. The van der Waals surface area contributed by atoms with Crippen LogP contribution in [0.5, 0.6) is 0 Å². The van der Waals surface area contributed by atoms with Gasteiger partial charge in [0.05, 0.1) is 6.61 Å². The molecule has 1 aromatic carbocycles. The lowest BCUT2D eigenvalue weighted by atomic mass is 10.2. The molecule has 0 aliphatic carbocycles. The highest BCUT2D eigenvalue weighted by Gasteiger charge is 2.12. The standard InChI is InChI=1S/C9H11O3P/c1-2-12-13(11)9(10)8-6-4-3-5-7-8/h3-7,13H,2H2,1H3. The van der Waals surface area contributed by atoms with Crippen molar-refractivity contribution in [3.63, 3.8) is 0 Å². The molecule has 0 spiro atoms. The summed E-state index contributed by atoms with van der Waals surface area (Å²) in [7, 11) is -2.56. The third-order valence-electron chi connectivity index (χ3n) is 1.50. The van der Waals surface area contributed by atoms with Gasteiger partial charge in [0, 0.05) is 5.56 Å². The Bertz CT molecular complexity index is 308. The van der Waals surface area contributed by atoms with Crippen LogP contribution in [0.3, 0.4) is 0 Å². The molecule has 70 valence electrons. The zero-order valence-electron chi connectivity index (χ0n) is 7.32. The highest BCUT2D eigenvalue weighted by Crippen LogP contribution is 2.27. The van der Waals surface area contributed by atoms with Crippen LogP contribution in [0.1, 0.15) is 17.3 Å². The van der Waals surface area contributed by atoms with Gasteiger partial charge in [-0.25, -0.2) is 0 Å². The molecule has 0 saturated carbocycles. The lowest BCUT2D eigenvalue weighted by molar-refractivity contribution is 0.106. The Morgan fingerprint density at radius 1 is 1.38 bits per heavy atom. The normalized spacial score (nSPS) is 12.4. The van der Waals surface area contributed by atoms with Crippen molar-refractivity contribution in [3.8, 4) is 0 Å². The van der Waals surface area contributed by atoms with Gasteiger partial charge in [-0.2, -0.15) is 0 Å². The van der Waals surface area contributed by atoms with E-state index >= 15 is 0 Å². The first kappa shape index (κ1) is 10.2. The lowest BCUT2D eigenvalue weighted by Crippen LogP contribution is -1.94. The van der Waals surface area contributed by atoms with Crippen LogP contribution in [0.4, 0.5) is 0 Å². The quantitative estimate of drug-likeness (QED) is 0.697. The van der Waals surface area contributed by atoms with Gasteiger partial charge in [-0.05, 0) is 6.92 Å². The summed E-state index contributed by atoms with van der Waals surface area (Å²) in [4.78, 5) is 11.3. The first-order valence-corrected chi connectivity index (χ1v) is 5.34. The number of rotatable bonds is 4. The topological polar surface area (TPSA) is 43.4 Å². The predicted octanol–water partition coefficient (Wildman–Crippen LogP) is 2.34. The van der Waals surface area contributed by atoms with Crippen molar-refractivity contribution >= 4 is 13.6 Å². The van der Waals surface area contributed by atoms with E-state index in [0.717, 1.165) is 0 Å². The largest absolute Gasteiger partial charge is 0.325 e. The third kappa shape index (κ3) is 2.79. The van der Waals surface area contributed by atoms with E-state index in [1.54, 1.807) is 37.3 Å². The molecule has 0 amide bonds. The molecule has 3 nitrogen and oxygen atoms in total. The van der Waals surface area contributed by atoms with E-state index in [1.807, 2.05) is 0 Å². The van der Waals surface area contributed by atoms with Gasteiger partial charge in [-0.15, -0.1) is 0 Å². The molecule has 0 fully saturated rings. The van der Waals surface area contributed by atoms with Crippen molar-refractivity contribution in [3.05, 3.63) is 35.9 Å². The van der Waals surface area contributed by atoms with Gasteiger partial charge in [-0.1, -0.05) is 30.3 Å². The second-order valence-electron chi connectivity index (χ2n) is 2.42. The average molecular weight is 198 g/mol. The summed E-state index contributed by atoms with van der Waals surface area (Å²) in [6.07, 6.45) is 0. The van der Waals surface area contributed by atoms with E-state index in [2.05, 4.69) is 0 Å². The zero-order chi connectivity index (χ0) is 9.68. The van der Waals surface area contributed by atoms with Crippen LogP contribution < -0.4 is 0 Å². The summed E-state index contributed by atoms with van der Waals surface area (Å²) in [6, 6.07) is 8.52. The van der Waals surface area contributed by atoms with Gasteiger partial charge < -0.3 is 4.52 Å². The van der Waals surface area contributed by atoms with Gasteiger partial charge in [0.25, 0.3) is 8.03 Å². The fourth-order valence-electron chi connectivity index (χ4n) is 0.904. The van der Waals surface area contributed by atoms with Crippen LogP contribution in [0.25, 0.3) is 0 Å². The van der Waals surface area contributed by atoms with E-state index in [0.29, 0.717) is 12.2 Å². The Hall–Kier alpha value is -0.920. The number of hydrogen-bond acceptors (Lipinski definition) is 3. The van der Waals surface area contributed by atoms with E-state index in [9.17, 15) is 9.36 Å². The molecule has 1 rings (SSSR count). The summed E-state index contributed by atoms with van der Waals surface area (Å²) >= 11 is 0. The maximum atomic E-state index is 11.3. The first-order valence-electron chi connectivity index (χ1n) is 4.02. The number of benzene rings is 1. The van der Waals surface area contributed by atoms with Crippen molar-refractivity contribution < 1.29 is 13.9 Å². The van der Waals surface area contributed by atoms with Crippen LogP contribution in [0.15, 0.2) is 30.3 Å². The van der Waals surface area contributed by atoms with Crippen molar-refractivity contribution in [2.45, 2.75) is 6.92 Å². The molecule has 13 heavy (non-hydrogen) atoms. The van der Waals surface area contributed by atoms with Gasteiger partial charge in [0.15, 0.2) is 0 Å². The minimum atomic E-state index is -2.56. The van der Waals surface area contributed by atoms with Gasteiger partial charge in [-0.3, -0.25) is 9.36 Å². The maximum absolute atomic E-state index is 11.3. The molecule has 0 aromatic heterocycles. The van der Waals surface area contributed by atoms with Gasteiger partial charge in [0.2, 0.25) is 5.52 Å². The van der Waals surface area contributed by atoms with E-state index in [4.69, 9.17) is 4.52 Å². The molecule has 1 atom stereocenters. The molecule has 0 bridgehead atoms. The minimum Gasteiger partial charge on any atom is -0.325 e. The van der Waals surface area contributed by atoms with Crippen LogP contribution in [0, 0.1) is 0 Å². The van der Waals surface area contributed by atoms with Crippen molar-refractivity contribution in [2.75, 3.05) is 6.61 Å². The SMILES string of the molecule is CCO[PH](=O)C(=O)c1ccccc1. The second-order valence-corrected chi connectivity index (χ2v) is 3.73. The zero-order valence-corrected chi connectivity index (χ0v) is 8.32. The number of carbonyl (C=O) groups is 1. The van der Waals surface area contributed by atoms with Crippen molar-refractivity contribution in [2.24, 2.45) is 0 Å². The second kappa shape index (κ2) is 4.95. The van der Waals surface area contributed by atoms with Crippen LogP contribution in [-0.2, 0) is 9.09 Å². The van der Waals surface area contributed by atoms with Crippen LogP contribution in [0.2, 0.25) is 0 Å². The van der Waals surface area contributed by atoms with Gasteiger partial charge >= 0.3 is 0 Å². The minimum absolute atomic E-state index is 0.302. The number of hydrogen-bond donors (Lipinski definition) is 0. The van der Waals surface area contributed by atoms with Crippen LogP contribution in [-0.4, -0.2) is 12.1 Å². The van der Waals surface area contributed by atoms with Crippen molar-refractivity contribution in [1.82, 2.24) is 0 Å². The fourth-order valence-corrected chi connectivity index (χ4v) is 1.70. The fraction of sp³-hybridized carbons (Fsp3) is 0.222. The summed E-state index contributed by atoms with van der Waals surface area (Å²) < 4.78 is 15.9. The first-order chi connectivity index (χ1) is 6.25. The monoisotopic (exact) mass is 198 g/mol. The van der Waals surface area contributed by atoms with Crippen LogP contribution >= 0.6 is 8.03 Å². The molecular formula is C9H11O3P. The van der Waals surface area contributed by atoms with E-state index in [1.165, 1.54) is 0 Å². The highest BCUT2D eigenvalue weighted by atomic mass is 31.1. The summed E-state index contributed by atoms with van der Waals surface area (Å²) in [5.74, 6) is 0. The Labute approximate surface area is 77.6 Å². The highest BCUT2D eigenvalue weighted by molar-refractivity contribution is 7.60. The molecule has 0 heterocycles. The number of carbonyl (C=O) groups excluding carboxylic acids is 1. The molecule has 1 aromatic rings. The average Bonchev–Trinajstić information content (AvgIpc) is 2.18. The Morgan fingerprint density at radius 3 is 2.54 bits per heavy atom. The van der Waals surface area contributed by atoms with E-state index in [-0.39, 0.29) is 0 Å². The molecule has 0 aliphatic rings. The molecule has 4 heteroatoms. The molecular weight excluding hydrogens is 187 g/mol. The Balaban J connectivity index is 2.74. The molecule has 0 N–H and O–H groups in total. The summed E-state index contributed by atoms with van der Waals surface area (Å²) in [5, 5.41) is 0. The predicted molar refractivity (Wildman–Crippen MR) is 51.4 cm³/mol. The summed E-state index contributed by atoms with van der Waals surface area (Å²) in [5.41, 5.74) is 0.0345. The molecule has 0 radical (unpaired) electrons. The molecule has 1 unspecified atom stereocenters. The lowest BCUT2D eigenvalue weighted by Gasteiger charge is -1.99. The molecule has 0 aliphatic heterocycles. The maximum Gasteiger partial charge on any atom is 0.260 e. The van der Waals surface area contributed by atoms with E-state index < -0.39 is 13.6 Å². The smallest absolute Gasteiger partial charge is 0.260 e.